The van der Waals surface area contributed by atoms with Crippen molar-refractivity contribution < 1.29 is 14.9 Å². The lowest BCUT2D eigenvalue weighted by molar-refractivity contribution is -0.384. The van der Waals surface area contributed by atoms with Crippen molar-refractivity contribution in [2.45, 2.75) is 0 Å². The molecule has 1 rings (SSSR count). The second kappa shape index (κ2) is 4.52. The molecule has 0 bridgehead atoms. The fourth-order valence-corrected chi connectivity index (χ4v) is 1.01. The van der Waals surface area contributed by atoms with Gasteiger partial charge in [0.25, 0.3) is 5.69 Å². The van der Waals surface area contributed by atoms with Gasteiger partial charge in [-0.3, -0.25) is 14.9 Å². The zero-order chi connectivity index (χ0) is 11.4. The Morgan fingerprint density at radius 1 is 1.40 bits per heavy atom. The SMILES string of the molecule is O=C(/C(Cl)=N\O)c1ccc([N+](=O)[O-])cc1. The van der Waals surface area contributed by atoms with E-state index in [0.29, 0.717) is 0 Å². The highest BCUT2D eigenvalue weighted by atomic mass is 35.5. The molecule has 0 saturated heterocycles. The topological polar surface area (TPSA) is 92.8 Å². The monoisotopic (exact) mass is 228 g/mol. The summed E-state index contributed by atoms with van der Waals surface area (Å²) in [5.41, 5.74) is -0.0213. The van der Waals surface area contributed by atoms with Crippen LogP contribution < -0.4 is 0 Å². The molecule has 0 amide bonds. The summed E-state index contributed by atoms with van der Waals surface area (Å²) in [5, 5.41) is 20.5. The van der Waals surface area contributed by atoms with Gasteiger partial charge in [0.2, 0.25) is 11.0 Å². The molecular weight excluding hydrogens is 224 g/mol. The van der Waals surface area contributed by atoms with Gasteiger partial charge in [-0.15, -0.1) is 0 Å². The number of nitrogens with zero attached hydrogens (tertiary/aromatic N) is 2. The number of non-ortho nitro benzene ring substituents is 1. The molecule has 0 unspecified atom stereocenters. The minimum atomic E-state index is -0.700. The van der Waals surface area contributed by atoms with E-state index in [-0.39, 0.29) is 11.3 Å². The molecule has 1 N–H and O–H groups in total. The molecule has 0 fully saturated rings. The number of hydrogen-bond donors (Lipinski definition) is 1. The smallest absolute Gasteiger partial charge is 0.269 e. The molecule has 1 aromatic rings. The Hall–Kier alpha value is -1.95. The lowest BCUT2D eigenvalue weighted by atomic mass is 10.1. The summed E-state index contributed by atoms with van der Waals surface area (Å²) in [6, 6.07) is 4.78. The van der Waals surface area contributed by atoms with Crippen molar-refractivity contribution in [1.82, 2.24) is 0 Å². The molecule has 15 heavy (non-hydrogen) atoms. The predicted octanol–water partition coefficient (Wildman–Crippen LogP) is 1.80. The van der Waals surface area contributed by atoms with E-state index in [0.717, 1.165) is 12.1 Å². The van der Waals surface area contributed by atoms with Crippen molar-refractivity contribution in [3.05, 3.63) is 39.9 Å². The molecular formula is C8H5ClN2O4. The van der Waals surface area contributed by atoms with Crippen LogP contribution in [0.25, 0.3) is 0 Å². The maximum atomic E-state index is 11.3. The van der Waals surface area contributed by atoms with Crippen molar-refractivity contribution in [2.24, 2.45) is 5.16 Å². The molecule has 0 radical (unpaired) electrons. The van der Waals surface area contributed by atoms with Crippen LogP contribution in [0.4, 0.5) is 5.69 Å². The first-order valence-corrected chi connectivity index (χ1v) is 4.10. The van der Waals surface area contributed by atoms with Crippen LogP contribution in [-0.4, -0.2) is 21.1 Å². The van der Waals surface area contributed by atoms with E-state index in [9.17, 15) is 14.9 Å². The van der Waals surface area contributed by atoms with Gasteiger partial charge in [0, 0.05) is 17.7 Å². The van der Waals surface area contributed by atoms with Gasteiger partial charge in [-0.2, -0.15) is 0 Å². The molecule has 1 aromatic carbocycles. The normalized spacial score (nSPS) is 11.1. The van der Waals surface area contributed by atoms with E-state index >= 15 is 0 Å². The Morgan fingerprint density at radius 3 is 2.33 bits per heavy atom. The third-order valence-corrected chi connectivity index (χ3v) is 1.86. The summed E-state index contributed by atoms with van der Waals surface area (Å²) in [4.78, 5) is 21.0. The minimum Gasteiger partial charge on any atom is -0.410 e. The van der Waals surface area contributed by atoms with Crippen molar-refractivity contribution in [3.8, 4) is 0 Å². The molecule has 0 aliphatic heterocycles. The highest BCUT2D eigenvalue weighted by Crippen LogP contribution is 2.13. The van der Waals surface area contributed by atoms with Crippen molar-refractivity contribution in [1.29, 1.82) is 0 Å². The molecule has 0 heterocycles. The first-order chi connectivity index (χ1) is 7.06. The van der Waals surface area contributed by atoms with E-state index in [1.54, 1.807) is 0 Å². The summed E-state index contributed by atoms with van der Waals surface area (Å²) in [7, 11) is 0. The molecule has 0 aliphatic rings. The third kappa shape index (κ3) is 2.50. The van der Waals surface area contributed by atoms with Gasteiger partial charge in [0.05, 0.1) is 4.92 Å². The number of nitro groups is 1. The second-order valence-electron chi connectivity index (χ2n) is 2.52. The van der Waals surface area contributed by atoms with Gasteiger partial charge in [-0.25, -0.2) is 0 Å². The summed E-state index contributed by atoms with van der Waals surface area (Å²) in [6.07, 6.45) is 0. The molecule has 7 heteroatoms. The number of carbonyl (C=O) groups is 1. The average Bonchev–Trinajstić information content (AvgIpc) is 2.27. The Morgan fingerprint density at radius 2 is 1.93 bits per heavy atom. The van der Waals surface area contributed by atoms with E-state index in [4.69, 9.17) is 16.8 Å². The van der Waals surface area contributed by atoms with Crippen LogP contribution in [0.15, 0.2) is 29.4 Å². The summed E-state index contributed by atoms with van der Waals surface area (Å²) in [6.45, 7) is 0. The van der Waals surface area contributed by atoms with Crippen LogP contribution in [0.5, 0.6) is 0 Å². The molecule has 0 spiro atoms. The fraction of sp³-hybridized carbons (Fsp3) is 0. The molecule has 78 valence electrons. The van der Waals surface area contributed by atoms with Crippen LogP contribution in [0.1, 0.15) is 10.4 Å². The second-order valence-corrected chi connectivity index (χ2v) is 2.88. The predicted molar refractivity (Wildman–Crippen MR) is 52.5 cm³/mol. The van der Waals surface area contributed by atoms with Crippen LogP contribution >= 0.6 is 11.6 Å². The van der Waals surface area contributed by atoms with Crippen molar-refractivity contribution in [3.63, 3.8) is 0 Å². The number of oxime groups is 1. The Balaban J connectivity index is 2.99. The Kier molecular flexibility index (Phi) is 3.35. The van der Waals surface area contributed by atoms with E-state index in [1.165, 1.54) is 12.1 Å². The fourth-order valence-electron chi connectivity index (χ4n) is 0.899. The minimum absolute atomic E-state index is 0.114. The lowest BCUT2D eigenvalue weighted by Crippen LogP contribution is -2.07. The number of hydrogen-bond acceptors (Lipinski definition) is 5. The Labute approximate surface area is 88.9 Å². The van der Waals surface area contributed by atoms with Gasteiger partial charge < -0.3 is 5.21 Å². The highest BCUT2D eigenvalue weighted by molar-refractivity contribution is 6.84. The third-order valence-electron chi connectivity index (χ3n) is 1.62. The number of carbonyl (C=O) groups excluding carboxylic acids is 1. The molecule has 0 aliphatic carbocycles. The maximum Gasteiger partial charge on any atom is 0.269 e. The zero-order valence-electron chi connectivity index (χ0n) is 7.25. The highest BCUT2D eigenvalue weighted by Gasteiger charge is 2.13. The van der Waals surface area contributed by atoms with E-state index in [2.05, 4.69) is 5.16 Å². The van der Waals surface area contributed by atoms with Crippen LogP contribution in [0, 0.1) is 10.1 Å². The number of rotatable bonds is 3. The zero-order valence-corrected chi connectivity index (χ0v) is 8.01. The van der Waals surface area contributed by atoms with Gasteiger partial charge in [-0.1, -0.05) is 16.8 Å². The molecule has 0 aromatic heterocycles. The first-order valence-electron chi connectivity index (χ1n) is 3.73. The quantitative estimate of drug-likeness (QED) is 0.281. The van der Waals surface area contributed by atoms with Crippen LogP contribution in [0.2, 0.25) is 0 Å². The molecule has 0 saturated carbocycles. The van der Waals surface area contributed by atoms with Crippen LogP contribution in [-0.2, 0) is 0 Å². The summed E-state index contributed by atoms with van der Waals surface area (Å²) >= 11 is 5.27. The van der Waals surface area contributed by atoms with Crippen molar-refractivity contribution >= 4 is 28.2 Å². The first kappa shape index (κ1) is 11.1. The van der Waals surface area contributed by atoms with E-state index in [1.807, 2.05) is 0 Å². The lowest BCUT2D eigenvalue weighted by Gasteiger charge is -1.96. The van der Waals surface area contributed by atoms with Gasteiger partial charge in [0.15, 0.2) is 0 Å². The largest absolute Gasteiger partial charge is 0.410 e. The van der Waals surface area contributed by atoms with Crippen LogP contribution in [0.3, 0.4) is 0 Å². The Bertz CT molecular complexity index is 427. The van der Waals surface area contributed by atoms with Gasteiger partial charge >= 0.3 is 0 Å². The summed E-state index contributed by atoms with van der Waals surface area (Å²) in [5.74, 6) is -0.700. The summed E-state index contributed by atoms with van der Waals surface area (Å²) < 4.78 is 0. The number of Topliss-reactive ketones (excluding diaryl/α,β-unsaturated/α-hetero) is 1. The molecule has 0 atom stereocenters. The molecule has 6 nitrogen and oxygen atoms in total. The van der Waals surface area contributed by atoms with Gasteiger partial charge in [0.1, 0.15) is 0 Å². The van der Waals surface area contributed by atoms with Crippen molar-refractivity contribution in [2.75, 3.05) is 0 Å². The number of nitro benzene ring substituents is 1. The number of ketones is 1. The maximum absolute atomic E-state index is 11.3. The average molecular weight is 229 g/mol. The van der Waals surface area contributed by atoms with E-state index < -0.39 is 15.9 Å². The number of benzene rings is 1. The number of halogens is 1. The van der Waals surface area contributed by atoms with Gasteiger partial charge in [-0.05, 0) is 12.1 Å². The standard InChI is InChI=1S/C8H5ClN2O4/c9-8(10-13)7(12)5-1-3-6(4-2-5)11(14)15/h1-4,13H/b10-8+.